The van der Waals surface area contributed by atoms with Gasteiger partial charge in [-0.1, -0.05) is 12.1 Å². The molecule has 2 aromatic rings. The highest BCUT2D eigenvalue weighted by Crippen LogP contribution is 2.46. The van der Waals surface area contributed by atoms with E-state index in [0.717, 1.165) is 29.7 Å². The molecule has 1 aromatic carbocycles. The van der Waals surface area contributed by atoms with Crippen molar-refractivity contribution in [2.75, 3.05) is 11.9 Å². The third-order valence-corrected chi connectivity index (χ3v) is 9.91. The maximum Gasteiger partial charge on any atom is 0.257 e. The van der Waals surface area contributed by atoms with Crippen LogP contribution >= 0.6 is 11.3 Å². The van der Waals surface area contributed by atoms with Crippen LogP contribution in [-0.2, 0) is 19.4 Å². The monoisotopic (exact) mass is 516 g/mol. The predicted octanol–water partition coefficient (Wildman–Crippen LogP) is 3.37. The van der Waals surface area contributed by atoms with Crippen molar-refractivity contribution in [3.8, 4) is 0 Å². The van der Waals surface area contributed by atoms with Gasteiger partial charge in [-0.3, -0.25) is 14.9 Å². The van der Waals surface area contributed by atoms with Gasteiger partial charge in [-0.2, -0.15) is 0 Å². The number of carbonyl (C=O) groups is 2. The summed E-state index contributed by atoms with van der Waals surface area (Å²) in [5.74, 6) is -0.135. The van der Waals surface area contributed by atoms with Crippen LogP contribution in [0.2, 0.25) is 0 Å². The molecule has 35 heavy (non-hydrogen) atoms. The molecule has 8 nitrogen and oxygen atoms in total. The van der Waals surface area contributed by atoms with Crippen molar-refractivity contribution in [1.29, 1.82) is 0 Å². The average molecular weight is 517 g/mol. The Morgan fingerprint density at radius 3 is 2.63 bits per heavy atom. The fraction of sp³-hybridized carbons (Fsp3) is 0.480. The van der Waals surface area contributed by atoms with E-state index < -0.39 is 28.5 Å². The Balaban J connectivity index is 1.49. The molecule has 3 N–H and O–H groups in total. The zero-order chi connectivity index (χ0) is 24.7. The van der Waals surface area contributed by atoms with Gasteiger partial charge in [-0.05, 0) is 67.2 Å². The number of aliphatic hydroxyl groups excluding tert-OH is 2. The van der Waals surface area contributed by atoms with Crippen molar-refractivity contribution in [2.45, 2.75) is 67.1 Å². The first-order chi connectivity index (χ1) is 16.8. The molecule has 1 amide bonds. The Hall–Kier alpha value is -2.40. The number of aromatic nitrogens is 1. The van der Waals surface area contributed by atoms with Crippen LogP contribution in [0.1, 0.15) is 73.8 Å². The molecule has 2 atom stereocenters. The highest BCUT2D eigenvalue weighted by molar-refractivity contribution is 7.92. The number of hydrogen-bond donors (Lipinski definition) is 3. The lowest BCUT2D eigenvalue weighted by Gasteiger charge is -2.15. The number of nitrogens with zero attached hydrogens (tertiary/aromatic N) is 1. The molecule has 1 aromatic heterocycles. The lowest BCUT2D eigenvalue weighted by Crippen LogP contribution is -2.16. The fourth-order valence-corrected chi connectivity index (χ4v) is 7.20. The Labute approximate surface area is 208 Å². The molecule has 0 radical (unpaired) electrons. The summed E-state index contributed by atoms with van der Waals surface area (Å²) in [5, 5.41) is 23.2. The third-order valence-electron chi connectivity index (χ3n) is 6.80. The molecule has 0 spiro atoms. The van der Waals surface area contributed by atoms with Crippen LogP contribution in [0.4, 0.5) is 5.13 Å². The Morgan fingerprint density at radius 2 is 2.00 bits per heavy atom. The fourth-order valence-electron chi connectivity index (χ4n) is 4.52. The van der Waals surface area contributed by atoms with Crippen LogP contribution in [0.25, 0.3) is 5.57 Å². The van der Waals surface area contributed by atoms with E-state index in [1.165, 1.54) is 0 Å². The zero-order valence-corrected chi connectivity index (χ0v) is 20.8. The molecule has 0 bridgehead atoms. The van der Waals surface area contributed by atoms with E-state index in [2.05, 4.69) is 10.3 Å². The maximum atomic E-state index is 13.4. The summed E-state index contributed by atoms with van der Waals surface area (Å²) in [6.07, 6.45) is 5.46. The van der Waals surface area contributed by atoms with Gasteiger partial charge in [-0.25, -0.2) is 13.4 Å². The van der Waals surface area contributed by atoms with Crippen LogP contribution in [0.15, 0.2) is 34.6 Å². The molecular formula is C25H28N2O6S2. The first kappa shape index (κ1) is 24.3. The topological polar surface area (TPSA) is 134 Å². The summed E-state index contributed by atoms with van der Waals surface area (Å²) in [7, 11) is -3.37. The number of sulfone groups is 1. The summed E-state index contributed by atoms with van der Waals surface area (Å²) in [5.41, 5.74) is 2.04. The number of Topliss-reactive ketones (excluding diaryl/α,β-unsaturated/α-hetero) is 1. The second-order valence-electron chi connectivity index (χ2n) is 9.62. The standard InChI is InChI=1S/C25H28N2O6S2/c28-12-22(30)21-13-34-25(26-21)27-24(31)20(10-14-1-5-17(29)9-14)16-4-8-23(19(11-16)15-2-3-15)35(32,33)18-6-7-18/h4,8,10-11,13-15,18,22,28,30H,1-3,5-7,9,12H2,(H,26,27,31)/b20-10+/t14-,22+/m0/s1. The van der Waals surface area contributed by atoms with Gasteiger partial charge >= 0.3 is 0 Å². The number of carbonyl (C=O) groups excluding carboxylic acids is 2. The summed E-state index contributed by atoms with van der Waals surface area (Å²) in [6.45, 7) is -0.474. The second kappa shape index (κ2) is 9.57. The molecule has 0 unspecified atom stereocenters. The number of aliphatic hydroxyl groups is 2. The number of rotatable bonds is 9. The number of nitrogens with one attached hydrogen (secondary N) is 1. The van der Waals surface area contributed by atoms with E-state index >= 15 is 0 Å². The first-order valence-corrected chi connectivity index (χ1v) is 14.4. The Bertz CT molecular complexity index is 1290. The van der Waals surface area contributed by atoms with Crippen LogP contribution in [0, 0.1) is 5.92 Å². The smallest absolute Gasteiger partial charge is 0.257 e. The van der Waals surface area contributed by atoms with E-state index in [-0.39, 0.29) is 33.7 Å². The third kappa shape index (κ3) is 5.25. The molecule has 3 aliphatic rings. The van der Waals surface area contributed by atoms with Crippen molar-refractivity contribution >= 4 is 43.6 Å². The van der Waals surface area contributed by atoms with E-state index in [9.17, 15) is 23.1 Å². The van der Waals surface area contributed by atoms with E-state index in [4.69, 9.17) is 5.11 Å². The predicted molar refractivity (Wildman–Crippen MR) is 132 cm³/mol. The van der Waals surface area contributed by atoms with Crippen LogP contribution < -0.4 is 5.32 Å². The van der Waals surface area contributed by atoms with Gasteiger partial charge in [0, 0.05) is 23.8 Å². The quantitative estimate of drug-likeness (QED) is 0.435. The minimum atomic E-state index is -3.37. The van der Waals surface area contributed by atoms with Crippen molar-refractivity contribution < 1.29 is 28.2 Å². The lowest BCUT2D eigenvalue weighted by molar-refractivity contribution is -0.117. The summed E-state index contributed by atoms with van der Waals surface area (Å²) >= 11 is 1.14. The summed E-state index contributed by atoms with van der Waals surface area (Å²) in [4.78, 5) is 29.8. The highest BCUT2D eigenvalue weighted by atomic mass is 32.2. The Morgan fingerprint density at radius 1 is 1.23 bits per heavy atom. The van der Waals surface area contributed by atoms with Gasteiger partial charge in [0.25, 0.3) is 5.91 Å². The number of anilines is 1. The minimum Gasteiger partial charge on any atom is -0.393 e. The van der Waals surface area contributed by atoms with Crippen LogP contribution in [0.5, 0.6) is 0 Å². The van der Waals surface area contributed by atoms with Gasteiger partial charge in [0.1, 0.15) is 11.9 Å². The highest BCUT2D eigenvalue weighted by Gasteiger charge is 2.40. The van der Waals surface area contributed by atoms with Gasteiger partial charge in [0.2, 0.25) is 0 Å². The normalized spacial score (nSPS) is 21.8. The van der Waals surface area contributed by atoms with E-state index in [0.29, 0.717) is 48.1 Å². The molecule has 0 saturated heterocycles. The largest absolute Gasteiger partial charge is 0.393 e. The summed E-state index contributed by atoms with van der Waals surface area (Å²) in [6, 6.07) is 5.15. The zero-order valence-electron chi connectivity index (χ0n) is 19.1. The van der Waals surface area contributed by atoms with Crippen LogP contribution in [0.3, 0.4) is 0 Å². The van der Waals surface area contributed by atoms with Crippen molar-refractivity contribution in [2.24, 2.45) is 5.92 Å². The average Bonchev–Trinajstić information content (AvgIpc) is 3.77. The number of amides is 1. The van der Waals surface area contributed by atoms with Gasteiger partial charge in [0.05, 0.1) is 22.4 Å². The van der Waals surface area contributed by atoms with Crippen molar-refractivity contribution in [3.05, 3.63) is 46.5 Å². The van der Waals surface area contributed by atoms with Crippen molar-refractivity contribution in [3.63, 3.8) is 0 Å². The number of benzene rings is 1. The second-order valence-corrected chi connectivity index (χ2v) is 12.7. The number of ketones is 1. The molecule has 5 rings (SSSR count). The van der Waals surface area contributed by atoms with Gasteiger partial charge in [0.15, 0.2) is 15.0 Å². The molecule has 3 fully saturated rings. The van der Waals surface area contributed by atoms with Gasteiger partial charge < -0.3 is 10.2 Å². The molecule has 10 heteroatoms. The first-order valence-electron chi connectivity index (χ1n) is 11.9. The van der Waals surface area contributed by atoms with E-state index in [1.54, 1.807) is 17.5 Å². The van der Waals surface area contributed by atoms with E-state index in [1.807, 2.05) is 12.1 Å². The SMILES string of the molecule is O=C1CC[C@H](/C=C(/C(=O)Nc2nc([C@H](O)CO)cs2)c2ccc(S(=O)(=O)C3CC3)c(C3CC3)c2)C1. The summed E-state index contributed by atoms with van der Waals surface area (Å²) < 4.78 is 26.0. The molecule has 1 heterocycles. The lowest BCUT2D eigenvalue weighted by atomic mass is 9.96. The van der Waals surface area contributed by atoms with Crippen LogP contribution in [-0.4, -0.2) is 47.2 Å². The molecule has 3 aliphatic carbocycles. The molecule has 3 saturated carbocycles. The minimum absolute atomic E-state index is 0.0643. The Kier molecular flexibility index (Phi) is 6.65. The number of thiazole rings is 1. The number of allylic oxidation sites excluding steroid dienone is 1. The van der Waals surface area contributed by atoms with Gasteiger partial charge in [-0.15, -0.1) is 11.3 Å². The molecular weight excluding hydrogens is 488 g/mol. The molecule has 186 valence electrons. The molecule has 0 aliphatic heterocycles. The van der Waals surface area contributed by atoms with Crippen molar-refractivity contribution in [1.82, 2.24) is 4.98 Å². The number of hydrogen-bond acceptors (Lipinski definition) is 8. The maximum absolute atomic E-state index is 13.4.